The molecule has 0 saturated carbocycles. The Balaban J connectivity index is 1.83. The summed E-state index contributed by atoms with van der Waals surface area (Å²) in [6.45, 7) is 7.14. The summed E-state index contributed by atoms with van der Waals surface area (Å²) < 4.78 is 0. The maximum absolute atomic E-state index is 12.2. The Morgan fingerprint density at radius 2 is 2.14 bits per heavy atom. The number of thioether (sulfide) groups is 1. The second-order valence-electron chi connectivity index (χ2n) is 5.40. The fourth-order valence-corrected chi connectivity index (χ4v) is 3.26. The van der Waals surface area contributed by atoms with Gasteiger partial charge in [0, 0.05) is 30.2 Å². The van der Waals surface area contributed by atoms with Gasteiger partial charge in [0.25, 0.3) is 0 Å². The summed E-state index contributed by atoms with van der Waals surface area (Å²) in [4.78, 5) is 26.6. The van der Waals surface area contributed by atoms with Crippen molar-refractivity contribution >= 4 is 23.6 Å². The molecule has 0 radical (unpaired) electrons. The van der Waals surface area contributed by atoms with Crippen molar-refractivity contribution in [1.82, 2.24) is 10.2 Å². The van der Waals surface area contributed by atoms with E-state index in [1.807, 2.05) is 0 Å². The molecule has 1 aromatic rings. The largest absolute Gasteiger partial charge is 0.353 e. The molecular formula is C16H22N2O2S. The van der Waals surface area contributed by atoms with Crippen molar-refractivity contribution in [2.24, 2.45) is 0 Å². The smallest absolute Gasteiger partial charge is 0.242 e. The highest BCUT2D eigenvalue weighted by molar-refractivity contribution is 7.99. The normalized spacial score (nSPS) is 18.5. The quantitative estimate of drug-likeness (QED) is 0.867. The highest BCUT2D eigenvalue weighted by atomic mass is 32.2. The van der Waals surface area contributed by atoms with Crippen molar-refractivity contribution in [1.29, 1.82) is 0 Å². The summed E-state index contributed by atoms with van der Waals surface area (Å²) in [6.07, 6.45) is 0.467. The van der Waals surface area contributed by atoms with Crippen LogP contribution in [-0.4, -0.2) is 41.6 Å². The lowest BCUT2D eigenvalue weighted by molar-refractivity contribution is -0.142. The topological polar surface area (TPSA) is 49.4 Å². The number of hydrogen-bond acceptors (Lipinski definition) is 3. The fraction of sp³-hybridized carbons (Fsp3) is 0.500. The minimum absolute atomic E-state index is 0.0589. The van der Waals surface area contributed by atoms with E-state index in [1.165, 1.54) is 16.0 Å². The second kappa shape index (κ2) is 6.98. The molecule has 0 aliphatic carbocycles. The maximum atomic E-state index is 12.2. The molecule has 1 aliphatic heterocycles. The third-order valence-electron chi connectivity index (χ3n) is 3.88. The van der Waals surface area contributed by atoms with Crippen LogP contribution < -0.4 is 5.32 Å². The number of carbonyl (C=O) groups is 2. The van der Waals surface area contributed by atoms with Crippen LogP contribution in [0.5, 0.6) is 0 Å². The lowest BCUT2D eigenvalue weighted by Gasteiger charge is -2.32. The van der Waals surface area contributed by atoms with Crippen molar-refractivity contribution in [3.8, 4) is 0 Å². The van der Waals surface area contributed by atoms with E-state index in [-0.39, 0.29) is 17.9 Å². The standard InChI is InChI=1S/C16H22N2O2S/c1-11-4-5-14(10-12(11)2)21-9-6-15(19)18-8-7-17-16(20)13(18)3/h4-5,10,13H,6-9H2,1-3H3,(H,17,20). The van der Waals surface area contributed by atoms with Crippen molar-refractivity contribution < 1.29 is 9.59 Å². The number of aryl methyl sites for hydroxylation is 2. The zero-order chi connectivity index (χ0) is 15.4. The Hall–Kier alpha value is -1.49. The predicted molar refractivity (Wildman–Crippen MR) is 85.4 cm³/mol. The van der Waals surface area contributed by atoms with Gasteiger partial charge in [0.15, 0.2) is 0 Å². The van der Waals surface area contributed by atoms with E-state index in [0.717, 1.165) is 5.75 Å². The minimum atomic E-state index is -0.349. The number of nitrogens with zero attached hydrogens (tertiary/aromatic N) is 1. The van der Waals surface area contributed by atoms with E-state index in [4.69, 9.17) is 0 Å². The van der Waals surface area contributed by atoms with Gasteiger partial charge in [-0.25, -0.2) is 0 Å². The summed E-state index contributed by atoms with van der Waals surface area (Å²) in [5, 5.41) is 2.77. The van der Waals surface area contributed by atoms with Crippen molar-refractivity contribution in [2.75, 3.05) is 18.8 Å². The van der Waals surface area contributed by atoms with E-state index < -0.39 is 0 Å². The molecule has 1 saturated heterocycles. The summed E-state index contributed by atoms with van der Waals surface area (Å²) in [5.74, 6) is 0.747. The van der Waals surface area contributed by atoms with Crippen LogP contribution in [0.15, 0.2) is 23.1 Å². The fourth-order valence-electron chi connectivity index (χ4n) is 2.33. The first kappa shape index (κ1) is 15.9. The molecule has 1 fully saturated rings. The van der Waals surface area contributed by atoms with Gasteiger partial charge in [-0.05, 0) is 44.0 Å². The Kier molecular flexibility index (Phi) is 5.28. The number of benzene rings is 1. The van der Waals surface area contributed by atoms with Crippen LogP contribution >= 0.6 is 11.8 Å². The molecule has 1 aliphatic rings. The molecule has 0 aromatic heterocycles. The van der Waals surface area contributed by atoms with Gasteiger partial charge in [0.1, 0.15) is 6.04 Å². The van der Waals surface area contributed by atoms with Gasteiger partial charge >= 0.3 is 0 Å². The average molecular weight is 306 g/mol. The molecule has 114 valence electrons. The molecule has 1 N–H and O–H groups in total. The average Bonchev–Trinajstić information content (AvgIpc) is 2.45. The predicted octanol–water partition coefficient (Wildman–Crippen LogP) is 2.13. The summed E-state index contributed by atoms with van der Waals surface area (Å²) in [5.41, 5.74) is 2.55. The highest BCUT2D eigenvalue weighted by Crippen LogP contribution is 2.22. The van der Waals surface area contributed by atoms with Crippen LogP contribution in [0, 0.1) is 13.8 Å². The van der Waals surface area contributed by atoms with E-state index in [9.17, 15) is 9.59 Å². The SMILES string of the molecule is Cc1ccc(SCCC(=O)N2CCNC(=O)C2C)cc1C. The van der Waals surface area contributed by atoms with Gasteiger partial charge < -0.3 is 10.2 Å². The second-order valence-corrected chi connectivity index (χ2v) is 6.57. The molecule has 21 heavy (non-hydrogen) atoms. The molecule has 1 atom stereocenters. The zero-order valence-corrected chi connectivity index (χ0v) is 13.6. The van der Waals surface area contributed by atoms with Gasteiger partial charge in [-0.1, -0.05) is 6.07 Å². The van der Waals surface area contributed by atoms with Crippen LogP contribution in [0.25, 0.3) is 0 Å². The van der Waals surface area contributed by atoms with Crippen molar-refractivity contribution in [3.63, 3.8) is 0 Å². The Bertz CT molecular complexity index is 545. The monoisotopic (exact) mass is 306 g/mol. The molecule has 0 spiro atoms. The summed E-state index contributed by atoms with van der Waals surface area (Å²) in [7, 11) is 0. The molecule has 4 nitrogen and oxygen atoms in total. The Morgan fingerprint density at radius 3 is 2.86 bits per heavy atom. The molecule has 1 aromatic carbocycles. The lowest BCUT2D eigenvalue weighted by atomic mass is 10.1. The van der Waals surface area contributed by atoms with Gasteiger partial charge in [0.05, 0.1) is 0 Å². The molecule has 2 amide bonds. The number of hydrogen-bond donors (Lipinski definition) is 1. The molecule has 5 heteroatoms. The van der Waals surface area contributed by atoms with Crippen molar-refractivity contribution in [2.45, 2.75) is 38.1 Å². The van der Waals surface area contributed by atoms with Gasteiger partial charge in [-0.3, -0.25) is 9.59 Å². The van der Waals surface area contributed by atoms with Crippen LogP contribution in [0.2, 0.25) is 0 Å². The van der Waals surface area contributed by atoms with Gasteiger partial charge in [0.2, 0.25) is 11.8 Å². The summed E-state index contributed by atoms with van der Waals surface area (Å²) in [6, 6.07) is 6.00. The first-order chi connectivity index (χ1) is 9.99. The van der Waals surface area contributed by atoms with E-state index in [1.54, 1.807) is 23.6 Å². The van der Waals surface area contributed by atoms with Crippen LogP contribution in [0.4, 0.5) is 0 Å². The lowest BCUT2D eigenvalue weighted by Crippen LogP contribution is -2.55. The minimum Gasteiger partial charge on any atom is -0.353 e. The molecule has 1 unspecified atom stereocenters. The number of carbonyl (C=O) groups excluding carboxylic acids is 2. The van der Waals surface area contributed by atoms with E-state index in [2.05, 4.69) is 37.4 Å². The first-order valence-corrected chi connectivity index (χ1v) is 8.25. The van der Waals surface area contributed by atoms with Gasteiger partial charge in [-0.2, -0.15) is 0 Å². The Morgan fingerprint density at radius 1 is 1.38 bits per heavy atom. The number of nitrogens with one attached hydrogen (secondary N) is 1. The maximum Gasteiger partial charge on any atom is 0.242 e. The Labute approximate surface area is 130 Å². The highest BCUT2D eigenvalue weighted by Gasteiger charge is 2.28. The van der Waals surface area contributed by atoms with E-state index in [0.29, 0.717) is 19.5 Å². The van der Waals surface area contributed by atoms with Crippen LogP contribution in [-0.2, 0) is 9.59 Å². The van der Waals surface area contributed by atoms with Gasteiger partial charge in [-0.15, -0.1) is 11.8 Å². The first-order valence-electron chi connectivity index (χ1n) is 7.26. The number of piperazine rings is 1. The van der Waals surface area contributed by atoms with Crippen molar-refractivity contribution in [3.05, 3.63) is 29.3 Å². The molecule has 2 rings (SSSR count). The zero-order valence-electron chi connectivity index (χ0n) is 12.8. The molecule has 0 bridgehead atoms. The summed E-state index contributed by atoms with van der Waals surface area (Å²) >= 11 is 1.69. The molecule has 1 heterocycles. The third-order valence-corrected chi connectivity index (χ3v) is 4.88. The van der Waals surface area contributed by atoms with Crippen LogP contribution in [0.3, 0.4) is 0 Å². The van der Waals surface area contributed by atoms with E-state index >= 15 is 0 Å². The third kappa shape index (κ3) is 4.00. The number of rotatable bonds is 4. The number of amides is 2. The molecular weight excluding hydrogens is 284 g/mol. The van der Waals surface area contributed by atoms with Crippen LogP contribution in [0.1, 0.15) is 24.5 Å².